The monoisotopic (exact) mass is 575 g/mol. The molecule has 39 heavy (non-hydrogen) atoms. The van der Waals surface area contributed by atoms with E-state index in [2.05, 4.69) is 15.0 Å². The molecule has 2 fully saturated rings. The van der Waals surface area contributed by atoms with Gasteiger partial charge in [0.25, 0.3) is 5.88 Å². The van der Waals surface area contributed by atoms with Gasteiger partial charge >= 0.3 is 24.3 Å². The lowest BCUT2D eigenvalue weighted by Gasteiger charge is -2.38. The van der Waals surface area contributed by atoms with Crippen molar-refractivity contribution >= 4 is 11.9 Å². The fourth-order valence-electron chi connectivity index (χ4n) is 3.85. The summed E-state index contributed by atoms with van der Waals surface area (Å²) < 4.78 is 94.4. The van der Waals surface area contributed by atoms with Crippen LogP contribution in [0.2, 0.25) is 0 Å². The van der Waals surface area contributed by atoms with Gasteiger partial charge in [-0.15, -0.1) is 0 Å². The first kappa shape index (κ1) is 31.7. The van der Waals surface area contributed by atoms with Crippen LogP contribution in [0.15, 0.2) is 22.9 Å². The molecule has 0 amide bonds. The summed E-state index contributed by atoms with van der Waals surface area (Å²) in [6.45, 7) is 6.19. The molecule has 1 saturated carbocycles. The number of carbonyl (C=O) groups is 2. The van der Waals surface area contributed by atoms with Crippen LogP contribution in [0.5, 0.6) is 5.88 Å². The van der Waals surface area contributed by atoms with E-state index in [0.29, 0.717) is 6.61 Å². The molecule has 0 aromatic carbocycles. The molecule has 0 unspecified atom stereocenters. The van der Waals surface area contributed by atoms with Crippen molar-refractivity contribution in [3.8, 4) is 5.88 Å². The Morgan fingerprint density at radius 2 is 1.69 bits per heavy atom. The molecule has 3 atom stereocenters. The molecule has 0 radical (unpaired) electrons. The number of aryl methyl sites for hydroxylation is 2. The number of nitrogens with zero attached hydrogens (tertiary/aromatic N) is 3. The van der Waals surface area contributed by atoms with E-state index in [1.165, 1.54) is 12.3 Å². The first-order valence-electron chi connectivity index (χ1n) is 11.2. The topological polar surface area (TPSA) is 135 Å². The molecule has 2 aliphatic rings. The normalized spacial score (nSPS) is 21.1. The third-order valence-electron chi connectivity index (χ3n) is 5.67. The summed E-state index contributed by atoms with van der Waals surface area (Å²) in [6.07, 6.45) is -7.11. The van der Waals surface area contributed by atoms with Crippen LogP contribution in [-0.2, 0) is 20.9 Å². The number of morpholine rings is 1. The minimum atomic E-state index is -5.08. The lowest BCUT2D eigenvalue weighted by atomic mass is 10.1. The number of aromatic nitrogens is 2. The number of carboxylic acid groups (broad SMARTS) is 2. The van der Waals surface area contributed by atoms with E-state index in [1.54, 1.807) is 6.07 Å². The summed E-state index contributed by atoms with van der Waals surface area (Å²) in [7, 11) is 0. The van der Waals surface area contributed by atoms with E-state index >= 15 is 0 Å². The molecule has 1 aliphatic heterocycles. The minimum Gasteiger partial charge on any atom is -0.475 e. The average molecular weight is 575 g/mol. The highest BCUT2D eigenvalue weighted by atomic mass is 19.4. The average Bonchev–Trinajstić information content (AvgIpc) is 3.39. The Morgan fingerprint density at radius 1 is 1.10 bits per heavy atom. The second-order valence-corrected chi connectivity index (χ2v) is 8.31. The van der Waals surface area contributed by atoms with Crippen molar-refractivity contribution in [2.24, 2.45) is 0 Å². The molecule has 1 aliphatic carbocycles. The summed E-state index contributed by atoms with van der Waals surface area (Å²) in [5.41, 5.74) is 2.07. The zero-order chi connectivity index (χ0) is 29.5. The first-order chi connectivity index (χ1) is 18.0. The van der Waals surface area contributed by atoms with Gasteiger partial charge < -0.3 is 24.2 Å². The predicted octanol–water partition coefficient (Wildman–Crippen LogP) is 3.90. The van der Waals surface area contributed by atoms with Gasteiger partial charge in [0, 0.05) is 30.9 Å². The number of aliphatic carboxylic acids is 2. The van der Waals surface area contributed by atoms with E-state index in [-0.39, 0.29) is 24.1 Å². The Hall–Kier alpha value is -3.47. The Bertz CT molecular complexity index is 1080. The Kier molecular flexibility index (Phi) is 10.6. The fraction of sp³-hybridized carbons (Fsp3) is 0.545. The highest BCUT2D eigenvalue weighted by molar-refractivity contribution is 5.73. The van der Waals surface area contributed by atoms with Crippen LogP contribution in [0.4, 0.5) is 30.7 Å². The highest BCUT2D eigenvalue weighted by Crippen LogP contribution is 2.34. The highest BCUT2D eigenvalue weighted by Gasteiger charge is 2.45. The number of hydrogen-bond donors (Lipinski definition) is 2. The van der Waals surface area contributed by atoms with Crippen LogP contribution in [0.1, 0.15) is 29.9 Å². The fourth-order valence-corrected chi connectivity index (χ4v) is 3.85. The summed E-state index contributed by atoms with van der Waals surface area (Å²) in [5.74, 6) is -5.03. The van der Waals surface area contributed by atoms with Crippen molar-refractivity contribution in [1.29, 1.82) is 0 Å². The van der Waals surface area contributed by atoms with Crippen LogP contribution in [-0.4, -0.2) is 80.9 Å². The van der Waals surface area contributed by atoms with Gasteiger partial charge in [0.05, 0.1) is 12.3 Å². The molecular weight excluding hydrogens is 551 g/mol. The van der Waals surface area contributed by atoms with Crippen LogP contribution in [0.3, 0.4) is 0 Å². The summed E-state index contributed by atoms with van der Waals surface area (Å²) in [4.78, 5) is 24.2. The molecule has 2 aromatic heterocycles. The number of alkyl halides is 6. The maximum Gasteiger partial charge on any atom is 0.490 e. The number of pyridine rings is 1. The van der Waals surface area contributed by atoms with Gasteiger partial charge in [0.2, 0.25) is 0 Å². The summed E-state index contributed by atoms with van der Waals surface area (Å²) >= 11 is 0. The standard InChI is InChI=1S/C18H22FN3O3.2C2HF3O2/c1-11-13(12(2)25-21-11)10-22-8-9-23-17-15(22)5-6-16(17)24-18-14(19)4-3-7-20-18;2*3-2(4,5)1(6)7/h3-4,7,15-17H,5-6,8-10H2,1-2H3;2*(H,6,7)/t15-,16-,17+;;/m0../s1. The van der Waals surface area contributed by atoms with Gasteiger partial charge in [-0.25, -0.2) is 19.0 Å². The van der Waals surface area contributed by atoms with Crippen molar-refractivity contribution in [1.82, 2.24) is 15.0 Å². The third kappa shape index (κ3) is 9.05. The number of halogens is 7. The second-order valence-electron chi connectivity index (χ2n) is 8.31. The quantitative estimate of drug-likeness (QED) is 0.517. The first-order valence-corrected chi connectivity index (χ1v) is 11.2. The Morgan fingerprint density at radius 3 is 2.18 bits per heavy atom. The number of carboxylic acids is 2. The molecular formula is C22H24F7N3O7. The Labute approximate surface area is 216 Å². The molecule has 1 saturated heterocycles. The molecule has 2 aromatic rings. The van der Waals surface area contributed by atoms with Crippen molar-refractivity contribution in [2.45, 2.75) is 63.8 Å². The zero-order valence-electron chi connectivity index (χ0n) is 20.4. The number of fused-ring (bicyclic) bond motifs is 1. The molecule has 218 valence electrons. The second kappa shape index (κ2) is 13.1. The molecule has 17 heteroatoms. The third-order valence-corrected chi connectivity index (χ3v) is 5.67. The van der Waals surface area contributed by atoms with Crippen LogP contribution in [0, 0.1) is 19.7 Å². The van der Waals surface area contributed by atoms with Crippen molar-refractivity contribution in [3.05, 3.63) is 41.2 Å². The molecule has 10 nitrogen and oxygen atoms in total. The van der Waals surface area contributed by atoms with Crippen LogP contribution in [0.25, 0.3) is 0 Å². The summed E-state index contributed by atoms with van der Waals surface area (Å²) in [6, 6.07) is 3.17. The number of hydrogen-bond acceptors (Lipinski definition) is 8. The lowest BCUT2D eigenvalue weighted by Crippen LogP contribution is -2.51. The van der Waals surface area contributed by atoms with E-state index in [4.69, 9.17) is 33.8 Å². The number of ether oxygens (including phenoxy) is 2. The zero-order valence-corrected chi connectivity index (χ0v) is 20.4. The summed E-state index contributed by atoms with van der Waals surface area (Å²) in [5, 5.41) is 18.3. The van der Waals surface area contributed by atoms with Crippen molar-refractivity contribution in [3.63, 3.8) is 0 Å². The molecule has 3 heterocycles. The molecule has 0 spiro atoms. The van der Waals surface area contributed by atoms with E-state index in [0.717, 1.165) is 42.9 Å². The SMILES string of the molecule is Cc1noc(C)c1CN1CCO[C@H]2[C@@H](Oc3ncccc3F)CC[C@@H]21.O=C(O)C(F)(F)F.O=C(O)C(F)(F)F. The van der Waals surface area contributed by atoms with E-state index in [1.807, 2.05) is 13.8 Å². The predicted molar refractivity (Wildman–Crippen MR) is 115 cm³/mol. The lowest BCUT2D eigenvalue weighted by molar-refractivity contribution is -0.193. The maximum atomic E-state index is 13.8. The van der Waals surface area contributed by atoms with E-state index < -0.39 is 30.1 Å². The molecule has 0 bridgehead atoms. The number of rotatable bonds is 4. The minimum absolute atomic E-state index is 0.0552. The van der Waals surface area contributed by atoms with Gasteiger partial charge in [-0.05, 0) is 38.8 Å². The largest absolute Gasteiger partial charge is 0.490 e. The molecule has 4 rings (SSSR count). The van der Waals surface area contributed by atoms with Gasteiger partial charge in [-0.2, -0.15) is 26.3 Å². The van der Waals surface area contributed by atoms with E-state index in [9.17, 15) is 30.7 Å². The smallest absolute Gasteiger partial charge is 0.475 e. The maximum absolute atomic E-state index is 13.8. The van der Waals surface area contributed by atoms with Gasteiger partial charge in [-0.3, -0.25) is 4.90 Å². The van der Waals surface area contributed by atoms with Gasteiger partial charge in [0.15, 0.2) is 5.82 Å². The van der Waals surface area contributed by atoms with Crippen LogP contribution >= 0.6 is 0 Å². The van der Waals surface area contributed by atoms with Crippen LogP contribution < -0.4 is 4.74 Å². The van der Waals surface area contributed by atoms with Gasteiger partial charge in [0.1, 0.15) is 18.0 Å². The Balaban J connectivity index is 0.000000317. The van der Waals surface area contributed by atoms with Crippen molar-refractivity contribution in [2.75, 3.05) is 13.2 Å². The van der Waals surface area contributed by atoms with Gasteiger partial charge in [-0.1, -0.05) is 5.16 Å². The van der Waals surface area contributed by atoms with Crippen molar-refractivity contribution < 1.29 is 64.5 Å². The molecule has 2 N–H and O–H groups in total.